The molecule has 1 aliphatic carbocycles. The lowest BCUT2D eigenvalue weighted by molar-refractivity contribution is 0.367. The molecule has 110 valence electrons. The van der Waals surface area contributed by atoms with Crippen LogP contribution in [0.4, 0.5) is 0 Å². The highest BCUT2D eigenvalue weighted by molar-refractivity contribution is 5.34. The number of hydrogen-bond acceptors (Lipinski definition) is 2. The molecule has 2 aromatic carbocycles. The molecule has 3 N–H and O–H groups in total. The molecule has 1 atom stereocenters. The first-order valence-electron chi connectivity index (χ1n) is 7.76. The highest BCUT2D eigenvalue weighted by Crippen LogP contribution is 2.29. The van der Waals surface area contributed by atoms with Crippen molar-refractivity contribution in [2.24, 2.45) is 11.8 Å². The molecule has 2 nitrogen and oxygen atoms in total. The van der Waals surface area contributed by atoms with Crippen molar-refractivity contribution >= 4 is 0 Å². The average Bonchev–Trinajstić information content (AvgIpc) is 2.92. The Bertz CT molecular complexity index is 608. The van der Waals surface area contributed by atoms with Gasteiger partial charge in [0, 0.05) is 6.04 Å². The number of hydrogen-bond donors (Lipinski definition) is 2. The monoisotopic (exact) mass is 280 g/mol. The number of rotatable bonds is 4. The topological polar surface area (TPSA) is 38.0 Å². The van der Waals surface area contributed by atoms with Crippen LogP contribution >= 0.6 is 0 Å². The summed E-state index contributed by atoms with van der Waals surface area (Å²) in [7, 11) is 0. The molecule has 2 aromatic rings. The van der Waals surface area contributed by atoms with Crippen LogP contribution in [0.5, 0.6) is 0 Å². The van der Waals surface area contributed by atoms with Gasteiger partial charge in [-0.3, -0.25) is 11.3 Å². The molecule has 0 spiro atoms. The average molecular weight is 280 g/mol. The maximum absolute atomic E-state index is 5.85. The lowest BCUT2D eigenvalue weighted by Gasteiger charge is -2.23. The molecule has 21 heavy (non-hydrogen) atoms. The first kappa shape index (κ1) is 14.3. The smallest absolute Gasteiger partial charge is 0.0285 e. The molecule has 0 saturated heterocycles. The molecular formula is C19H24N2. The van der Waals surface area contributed by atoms with Crippen LogP contribution in [0, 0.1) is 19.8 Å². The predicted octanol–water partition coefficient (Wildman–Crippen LogP) is 3.09. The second-order valence-electron chi connectivity index (χ2n) is 6.33. The van der Waals surface area contributed by atoms with Gasteiger partial charge in [0.2, 0.25) is 0 Å². The van der Waals surface area contributed by atoms with Crippen LogP contribution in [0.15, 0.2) is 42.5 Å². The SMILES string of the molecule is Cc1ccc(CC(NN)C2Cc3ccccc3C2)cc1C. The van der Waals surface area contributed by atoms with Gasteiger partial charge < -0.3 is 0 Å². The second kappa shape index (κ2) is 6.00. The number of aryl methyl sites for hydroxylation is 2. The standard InChI is InChI=1S/C19H24N2/c1-13-7-8-15(9-14(13)2)10-19(21-20)18-11-16-5-3-4-6-17(16)12-18/h3-9,18-19,21H,10-12,20H2,1-2H3. The van der Waals surface area contributed by atoms with E-state index in [1.54, 1.807) is 0 Å². The first-order chi connectivity index (χ1) is 10.2. The summed E-state index contributed by atoms with van der Waals surface area (Å²) >= 11 is 0. The number of hydrazine groups is 1. The summed E-state index contributed by atoms with van der Waals surface area (Å²) in [5.74, 6) is 6.44. The molecule has 0 bridgehead atoms. The van der Waals surface area contributed by atoms with Gasteiger partial charge in [-0.2, -0.15) is 0 Å². The second-order valence-corrected chi connectivity index (χ2v) is 6.33. The molecule has 0 saturated carbocycles. The van der Waals surface area contributed by atoms with E-state index in [-0.39, 0.29) is 0 Å². The van der Waals surface area contributed by atoms with Crippen molar-refractivity contribution in [2.45, 2.75) is 39.2 Å². The number of fused-ring (bicyclic) bond motifs is 1. The lowest BCUT2D eigenvalue weighted by Crippen LogP contribution is -2.42. The molecule has 0 amide bonds. The Kier molecular flexibility index (Phi) is 4.09. The van der Waals surface area contributed by atoms with Crippen molar-refractivity contribution in [3.8, 4) is 0 Å². The molecule has 0 aromatic heterocycles. The normalized spacial score (nSPS) is 16.0. The minimum Gasteiger partial charge on any atom is -0.271 e. The van der Waals surface area contributed by atoms with Crippen LogP contribution in [0.1, 0.15) is 27.8 Å². The van der Waals surface area contributed by atoms with Gasteiger partial charge in [0.25, 0.3) is 0 Å². The fraction of sp³-hybridized carbons (Fsp3) is 0.368. The third kappa shape index (κ3) is 3.02. The summed E-state index contributed by atoms with van der Waals surface area (Å²) in [6.45, 7) is 4.33. The maximum atomic E-state index is 5.85. The quantitative estimate of drug-likeness (QED) is 0.667. The summed E-state index contributed by atoms with van der Waals surface area (Å²) in [6.07, 6.45) is 3.27. The van der Waals surface area contributed by atoms with E-state index in [1.807, 2.05) is 0 Å². The van der Waals surface area contributed by atoms with Gasteiger partial charge in [0.15, 0.2) is 0 Å². The first-order valence-corrected chi connectivity index (χ1v) is 7.76. The number of benzene rings is 2. The van der Waals surface area contributed by atoms with Crippen molar-refractivity contribution in [3.05, 3.63) is 70.3 Å². The van der Waals surface area contributed by atoms with Crippen LogP contribution in [0.25, 0.3) is 0 Å². The third-order valence-corrected chi connectivity index (χ3v) is 4.89. The fourth-order valence-electron chi connectivity index (χ4n) is 3.42. The van der Waals surface area contributed by atoms with Gasteiger partial charge in [0.05, 0.1) is 0 Å². The van der Waals surface area contributed by atoms with Gasteiger partial charge in [-0.15, -0.1) is 0 Å². The zero-order valence-corrected chi connectivity index (χ0v) is 12.9. The van der Waals surface area contributed by atoms with E-state index in [0.717, 1.165) is 19.3 Å². The predicted molar refractivity (Wildman–Crippen MR) is 88.1 cm³/mol. The summed E-state index contributed by atoms with van der Waals surface area (Å²) in [5, 5.41) is 0. The summed E-state index contributed by atoms with van der Waals surface area (Å²) in [5.41, 5.74) is 10.1. The number of nitrogens with two attached hydrogens (primary N) is 1. The molecule has 0 radical (unpaired) electrons. The fourth-order valence-corrected chi connectivity index (χ4v) is 3.42. The van der Waals surface area contributed by atoms with Crippen molar-refractivity contribution in [1.29, 1.82) is 0 Å². The zero-order valence-electron chi connectivity index (χ0n) is 12.9. The van der Waals surface area contributed by atoms with Crippen LogP contribution in [-0.4, -0.2) is 6.04 Å². The van der Waals surface area contributed by atoms with Gasteiger partial charge in [-0.05, 0) is 66.8 Å². The molecule has 0 aliphatic heterocycles. The van der Waals surface area contributed by atoms with Crippen LogP contribution in [0.3, 0.4) is 0 Å². The number of nitrogens with one attached hydrogen (secondary N) is 1. The van der Waals surface area contributed by atoms with Crippen LogP contribution in [0.2, 0.25) is 0 Å². The van der Waals surface area contributed by atoms with Crippen molar-refractivity contribution in [1.82, 2.24) is 5.43 Å². The van der Waals surface area contributed by atoms with E-state index in [0.29, 0.717) is 12.0 Å². The van der Waals surface area contributed by atoms with Crippen molar-refractivity contribution < 1.29 is 0 Å². The van der Waals surface area contributed by atoms with Gasteiger partial charge >= 0.3 is 0 Å². The van der Waals surface area contributed by atoms with E-state index in [9.17, 15) is 0 Å². The van der Waals surface area contributed by atoms with Crippen molar-refractivity contribution in [2.75, 3.05) is 0 Å². The van der Waals surface area contributed by atoms with E-state index in [2.05, 4.69) is 61.7 Å². The van der Waals surface area contributed by atoms with E-state index in [4.69, 9.17) is 5.84 Å². The van der Waals surface area contributed by atoms with E-state index < -0.39 is 0 Å². The minimum absolute atomic E-state index is 0.333. The molecule has 1 aliphatic rings. The Balaban J connectivity index is 1.73. The van der Waals surface area contributed by atoms with E-state index >= 15 is 0 Å². The van der Waals surface area contributed by atoms with Gasteiger partial charge in [-0.25, -0.2) is 0 Å². The van der Waals surface area contributed by atoms with E-state index in [1.165, 1.54) is 27.8 Å². The largest absolute Gasteiger partial charge is 0.271 e. The summed E-state index contributed by atoms with van der Waals surface area (Å²) in [6, 6.07) is 15.8. The Morgan fingerprint density at radius 1 is 1.05 bits per heavy atom. The lowest BCUT2D eigenvalue weighted by atomic mass is 9.90. The Morgan fingerprint density at radius 3 is 2.29 bits per heavy atom. The molecule has 3 rings (SSSR count). The zero-order chi connectivity index (χ0) is 14.8. The Labute approximate surface area is 127 Å². The molecule has 1 unspecified atom stereocenters. The maximum Gasteiger partial charge on any atom is 0.0285 e. The molecule has 2 heteroatoms. The van der Waals surface area contributed by atoms with Gasteiger partial charge in [0.1, 0.15) is 0 Å². The summed E-state index contributed by atoms with van der Waals surface area (Å²) in [4.78, 5) is 0. The minimum atomic E-state index is 0.333. The Hall–Kier alpha value is -1.64. The molecular weight excluding hydrogens is 256 g/mol. The van der Waals surface area contributed by atoms with Crippen LogP contribution < -0.4 is 11.3 Å². The van der Waals surface area contributed by atoms with Crippen molar-refractivity contribution in [3.63, 3.8) is 0 Å². The van der Waals surface area contributed by atoms with Crippen LogP contribution in [-0.2, 0) is 19.3 Å². The molecule has 0 heterocycles. The van der Waals surface area contributed by atoms with Gasteiger partial charge in [-0.1, -0.05) is 42.5 Å². The Morgan fingerprint density at radius 2 is 1.71 bits per heavy atom. The molecule has 0 fully saturated rings. The third-order valence-electron chi connectivity index (χ3n) is 4.89. The highest BCUT2D eigenvalue weighted by Gasteiger charge is 2.27. The highest BCUT2D eigenvalue weighted by atomic mass is 15.2. The summed E-state index contributed by atoms with van der Waals surface area (Å²) < 4.78 is 0.